The molecule has 0 aliphatic carbocycles. The number of rotatable bonds is 4. The molecule has 1 aliphatic heterocycles. The van der Waals surface area contributed by atoms with E-state index in [-0.39, 0.29) is 18.8 Å². The molecule has 1 fully saturated rings. The van der Waals surface area contributed by atoms with Gasteiger partial charge >= 0.3 is 5.97 Å². The molecule has 2 aromatic carbocycles. The highest BCUT2D eigenvalue weighted by atomic mass is 35.5. The van der Waals surface area contributed by atoms with Gasteiger partial charge in [-0.1, -0.05) is 23.7 Å². The van der Waals surface area contributed by atoms with Gasteiger partial charge in [-0.3, -0.25) is 0 Å². The molecule has 0 saturated carbocycles. The molecule has 134 valence electrons. The van der Waals surface area contributed by atoms with Crippen LogP contribution in [0.5, 0.6) is 5.75 Å². The number of halogens is 1. The second-order valence-corrected chi connectivity index (χ2v) is 6.73. The van der Waals surface area contributed by atoms with Crippen molar-refractivity contribution in [2.75, 3.05) is 20.3 Å². The number of carbonyl (C=O) groups is 1. The molecule has 26 heavy (non-hydrogen) atoms. The van der Waals surface area contributed by atoms with E-state index in [9.17, 15) is 15.0 Å². The maximum absolute atomic E-state index is 11.4. The van der Waals surface area contributed by atoms with E-state index in [0.29, 0.717) is 38.4 Å². The number of aromatic nitrogens is 1. The monoisotopic (exact) mass is 373 g/mol. The highest BCUT2D eigenvalue weighted by Gasteiger charge is 2.38. The number of methoxy groups -OCH3 is 1. The van der Waals surface area contributed by atoms with Crippen LogP contribution < -0.4 is 4.74 Å². The molecule has 0 unspecified atom stereocenters. The van der Waals surface area contributed by atoms with E-state index in [1.165, 1.54) is 13.3 Å². The number of benzene rings is 2. The number of H-pyrrole nitrogens is 1. The van der Waals surface area contributed by atoms with Crippen LogP contribution in [0.4, 0.5) is 0 Å². The van der Waals surface area contributed by atoms with E-state index in [1.807, 2.05) is 6.07 Å². The first-order valence-corrected chi connectivity index (χ1v) is 8.34. The van der Waals surface area contributed by atoms with E-state index >= 15 is 0 Å². The van der Waals surface area contributed by atoms with Gasteiger partial charge in [-0.25, -0.2) is 4.79 Å². The van der Waals surface area contributed by atoms with Gasteiger partial charge in [0.2, 0.25) is 0 Å². The number of aromatic amines is 1. The highest BCUT2D eigenvalue weighted by molar-refractivity contribution is 6.34. The van der Waals surface area contributed by atoms with Crippen molar-refractivity contribution in [2.24, 2.45) is 0 Å². The van der Waals surface area contributed by atoms with Gasteiger partial charge in [-0.2, -0.15) is 0 Å². The lowest BCUT2D eigenvalue weighted by Crippen LogP contribution is -2.46. The van der Waals surface area contributed by atoms with Crippen molar-refractivity contribution in [3.63, 3.8) is 0 Å². The Bertz CT molecular complexity index is 1020. The number of carboxylic acid groups (broad SMARTS) is 1. The summed E-state index contributed by atoms with van der Waals surface area (Å²) in [5, 5.41) is 20.8. The summed E-state index contributed by atoms with van der Waals surface area (Å²) in [6.07, 6.45) is 1.44. The Labute approximate surface area is 153 Å². The van der Waals surface area contributed by atoms with Crippen LogP contribution in [0.25, 0.3) is 22.0 Å². The first-order valence-electron chi connectivity index (χ1n) is 7.96. The molecule has 1 aromatic heterocycles. The van der Waals surface area contributed by atoms with E-state index in [1.54, 1.807) is 24.3 Å². The molecule has 0 atom stereocenters. The normalized spacial score (nSPS) is 15.7. The molecule has 0 radical (unpaired) electrons. The van der Waals surface area contributed by atoms with E-state index in [0.717, 1.165) is 0 Å². The van der Waals surface area contributed by atoms with E-state index in [2.05, 4.69) is 4.98 Å². The highest BCUT2D eigenvalue weighted by Crippen LogP contribution is 2.40. The fourth-order valence-electron chi connectivity index (χ4n) is 3.19. The summed E-state index contributed by atoms with van der Waals surface area (Å²) in [4.78, 5) is 14.3. The standard InChI is InChI=1S/C19H16ClNO5/c1-25-17-4-10(19(24)8-26-9-19)2-3-11(17)12-5-13-14(18(22)23)7-21-16(13)6-15(12)20/h2-7,21,24H,8-9H2,1H3,(H,22,23). The summed E-state index contributed by atoms with van der Waals surface area (Å²) in [6, 6.07) is 8.80. The third-order valence-electron chi connectivity index (χ3n) is 4.71. The number of carboxylic acids is 1. The minimum atomic E-state index is -1.01. The van der Waals surface area contributed by atoms with Gasteiger partial charge in [-0.05, 0) is 23.8 Å². The Morgan fingerprint density at radius 1 is 1.27 bits per heavy atom. The second kappa shape index (κ2) is 6.02. The summed E-state index contributed by atoms with van der Waals surface area (Å²) < 4.78 is 10.6. The Kier molecular flexibility index (Phi) is 3.91. The molecular weight excluding hydrogens is 358 g/mol. The quantitative estimate of drug-likeness (QED) is 0.651. The zero-order valence-electron chi connectivity index (χ0n) is 13.9. The molecular formula is C19H16ClNO5. The summed E-state index contributed by atoms with van der Waals surface area (Å²) in [5.74, 6) is -0.476. The first-order chi connectivity index (χ1) is 12.4. The van der Waals surface area contributed by atoms with Gasteiger partial charge in [0.25, 0.3) is 0 Å². The SMILES string of the molecule is COc1cc(C2(O)COC2)ccc1-c1cc2c(C(=O)O)c[nH]c2cc1Cl. The van der Waals surface area contributed by atoms with Gasteiger partial charge in [0.15, 0.2) is 0 Å². The minimum Gasteiger partial charge on any atom is -0.496 e. The van der Waals surface area contributed by atoms with Gasteiger partial charge in [0.1, 0.15) is 11.4 Å². The number of aromatic carboxylic acids is 1. The number of hydrogen-bond donors (Lipinski definition) is 3. The molecule has 6 nitrogen and oxygen atoms in total. The van der Waals surface area contributed by atoms with Crippen molar-refractivity contribution in [1.82, 2.24) is 4.98 Å². The lowest BCUT2D eigenvalue weighted by molar-refractivity contribution is -0.184. The third-order valence-corrected chi connectivity index (χ3v) is 5.02. The van der Waals surface area contributed by atoms with Crippen LogP contribution in [-0.2, 0) is 10.3 Å². The fourth-order valence-corrected chi connectivity index (χ4v) is 3.46. The largest absolute Gasteiger partial charge is 0.496 e. The van der Waals surface area contributed by atoms with Gasteiger partial charge < -0.3 is 24.7 Å². The van der Waals surface area contributed by atoms with E-state index < -0.39 is 11.6 Å². The third kappa shape index (κ3) is 2.54. The summed E-state index contributed by atoms with van der Waals surface area (Å²) >= 11 is 6.43. The van der Waals surface area contributed by atoms with Crippen molar-refractivity contribution in [3.05, 3.63) is 52.7 Å². The molecule has 1 saturated heterocycles. The Hall–Kier alpha value is -2.54. The Morgan fingerprint density at radius 2 is 2.04 bits per heavy atom. The predicted molar refractivity (Wildman–Crippen MR) is 97.0 cm³/mol. The molecule has 4 rings (SSSR count). The van der Waals surface area contributed by atoms with Crippen molar-refractivity contribution >= 4 is 28.5 Å². The zero-order chi connectivity index (χ0) is 18.5. The fraction of sp³-hybridized carbons (Fsp3) is 0.211. The molecule has 1 aliphatic rings. The lowest BCUT2D eigenvalue weighted by Gasteiger charge is -2.37. The van der Waals surface area contributed by atoms with Gasteiger partial charge in [0.05, 0.1) is 30.9 Å². The Balaban J connectivity index is 1.87. The van der Waals surface area contributed by atoms with Crippen LogP contribution in [0, 0.1) is 0 Å². The Morgan fingerprint density at radius 3 is 2.65 bits per heavy atom. The van der Waals surface area contributed by atoms with Gasteiger partial charge in [-0.15, -0.1) is 0 Å². The maximum Gasteiger partial charge on any atom is 0.337 e. The molecule has 3 N–H and O–H groups in total. The number of aliphatic hydroxyl groups is 1. The number of hydrogen-bond acceptors (Lipinski definition) is 4. The number of ether oxygens (including phenoxy) is 2. The van der Waals surface area contributed by atoms with Crippen molar-refractivity contribution in [1.29, 1.82) is 0 Å². The van der Waals surface area contributed by atoms with Crippen LogP contribution in [0.15, 0.2) is 36.5 Å². The molecule has 0 spiro atoms. The number of nitrogens with one attached hydrogen (secondary N) is 1. The van der Waals surface area contributed by atoms with E-state index in [4.69, 9.17) is 21.1 Å². The minimum absolute atomic E-state index is 0.175. The zero-order valence-corrected chi connectivity index (χ0v) is 14.6. The molecule has 7 heteroatoms. The maximum atomic E-state index is 11.4. The topological polar surface area (TPSA) is 91.8 Å². The first kappa shape index (κ1) is 16.9. The van der Waals surface area contributed by atoms with Crippen LogP contribution in [0.1, 0.15) is 15.9 Å². The van der Waals surface area contributed by atoms with Crippen LogP contribution in [-0.4, -0.2) is 41.5 Å². The number of fused-ring (bicyclic) bond motifs is 1. The molecule has 3 aromatic rings. The smallest absolute Gasteiger partial charge is 0.337 e. The molecule has 0 bridgehead atoms. The molecule has 0 amide bonds. The summed E-state index contributed by atoms with van der Waals surface area (Å²) in [5.41, 5.74) is 1.89. The second-order valence-electron chi connectivity index (χ2n) is 6.32. The summed E-state index contributed by atoms with van der Waals surface area (Å²) in [7, 11) is 1.54. The average Bonchev–Trinajstić information content (AvgIpc) is 3.01. The van der Waals surface area contributed by atoms with Crippen molar-refractivity contribution < 1.29 is 24.5 Å². The predicted octanol–water partition coefficient (Wildman–Crippen LogP) is 3.41. The summed E-state index contributed by atoms with van der Waals surface area (Å²) in [6.45, 7) is 0.487. The van der Waals surface area contributed by atoms with Crippen molar-refractivity contribution in [3.8, 4) is 16.9 Å². The van der Waals surface area contributed by atoms with Gasteiger partial charge in [0, 0.05) is 28.2 Å². The lowest BCUT2D eigenvalue weighted by atomic mass is 9.90. The molecule has 2 heterocycles. The average molecular weight is 374 g/mol. The van der Waals surface area contributed by atoms with Crippen LogP contribution in [0.3, 0.4) is 0 Å². The van der Waals surface area contributed by atoms with Crippen LogP contribution >= 0.6 is 11.6 Å². The van der Waals surface area contributed by atoms with Crippen LogP contribution in [0.2, 0.25) is 5.02 Å². The van der Waals surface area contributed by atoms with Crippen molar-refractivity contribution in [2.45, 2.75) is 5.60 Å².